The maximum absolute atomic E-state index is 13.5. The second-order valence-electron chi connectivity index (χ2n) is 8.84. The average Bonchev–Trinajstić information content (AvgIpc) is 3.46. The lowest BCUT2D eigenvalue weighted by molar-refractivity contribution is 0.0734. The zero-order chi connectivity index (χ0) is 23.8. The molecule has 0 aliphatic heterocycles. The molecule has 1 aliphatic rings. The molecule has 34 heavy (non-hydrogen) atoms. The lowest BCUT2D eigenvalue weighted by atomic mass is 10.1. The maximum atomic E-state index is 13.5. The second-order valence-corrected chi connectivity index (χ2v) is 10.8. The van der Waals surface area contributed by atoms with E-state index in [9.17, 15) is 4.79 Å². The predicted molar refractivity (Wildman–Crippen MR) is 139 cm³/mol. The molecule has 1 saturated carbocycles. The fourth-order valence-electron chi connectivity index (χ4n) is 4.21. The van der Waals surface area contributed by atoms with Crippen LogP contribution in [0.3, 0.4) is 0 Å². The Hall–Kier alpha value is -2.97. The number of carbonyl (C=O) groups excluding carboxylic acids is 1. The molecule has 0 N–H and O–H groups in total. The van der Waals surface area contributed by atoms with E-state index in [4.69, 9.17) is 9.72 Å². The van der Waals surface area contributed by atoms with Crippen molar-refractivity contribution in [3.63, 3.8) is 0 Å². The van der Waals surface area contributed by atoms with Gasteiger partial charge in [0, 0.05) is 42.0 Å². The SMILES string of the molecule is COc1ccc2cc(CN(C(=O)c3sccc3C)C3CC3)c(N(C)Cc3csc(C)n3)nc2c1. The third-order valence-corrected chi connectivity index (χ3v) is 7.98. The van der Waals surface area contributed by atoms with Crippen molar-refractivity contribution in [2.24, 2.45) is 0 Å². The molecular weight excluding hydrogens is 464 g/mol. The highest BCUT2D eigenvalue weighted by Gasteiger charge is 2.35. The van der Waals surface area contributed by atoms with Crippen LogP contribution in [0.5, 0.6) is 5.75 Å². The fraction of sp³-hybridized carbons (Fsp3) is 0.346. The number of hydrogen-bond acceptors (Lipinski definition) is 7. The lowest BCUT2D eigenvalue weighted by Crippen LogP contribution is -2.33. The molecule has 0 bridgehead atoms. The van der Waals surface area contributed by atoms with E-state index in [0.29, 0.717) is 19.1 Å². The molecule has 0 spiro atoms. The number of pyridine rings is 1. The second kappa shape index (κ2) is 9.35. The van der Waals surface area contributed by atoms with Gasteiger partial charge in [0.05, 0.1) is 34.7 Å². The van der Waals surface area contributed by atoms with Gasteiger partial charge in [0.15, 0.2) is 0 Å². The van der Waals surface area contributed by atoms with Crippen LogP contribution in [0, 0.1) is 13.8 Å². The first-order valence-corrected chi connectivity index (χ1v) is 13.1. The van der Waals surface area contributed by atoms with E-state index >= 15 is 0 Å². The van der Waals surface area contributed by atoms with Gasteiger partial charge in [-0.2, -0.15) is 0 Å². The van der Waals surface area contributed by atoms with Crippen molar-refractivity contribution >= 4 is 45.3 Å². The number of nitrogens with zero attached hydrogens (tertiary/aromatic N) is 4. The van der Waals surface area contributed by atoms with Crippen LogP contribution in [0.25, 0.3) is 10.9 Å². The molecule has 4 aromatic rings. The molecule has 6 nitrogen and oxygen atoms in total. The average molecular weight is 493 g/mol. The Morgan fingerprint density at radius 1 is 1.12 bits per heavy atom. The Kier molecular flexibility index (Phi) is 6.27. The Bertz CT molecular complexity index is 1340. The number of ether oxygens (including phenoxy) is 1. The number of aryl methyl sites for hydroxylation is 2. The highest BCUT2D eigenvalue weighted by molar-refractivity contribution is 7.12. The standard InChI is InChI=1S/C26H28N4O2S2/c1-16-9-10-33-24(16)26(31)30(21-6-7-21)13-19-11-18-5-8-22(32-4)12-23(18)28-25(19)29(3)14-20-15-34-17(2)27-20/h5,8-12,15,21H,6-7,13-14H2,1-4H3. The highest BCUT2D eigenvalue weighted by atomic mass is 32.1. The molecule has 1 fully saturated rings. The number of amides is 1. The number of hydrogen-bond donors (Lipinski definition) is 0. The van der Waals surface area contributed by atoms with Crippen LogP contribution in [-0.4, -0.2) is 41.0 Å². The Morgan fingerprint density at radius 3 is 2.59 bits per heavy atom. The van der Waals surface area contributed by atoms with Crippen LogP contribution in [-0.2, 0) is 13.1 Å². The van der Waals surface area contributed by atoms with Crippen molar-refractivity contribution in [2.75, 3.05) is 19.1 Å². The Labute approximate surface area is 207 Å². The van der Waals surface area contributed by atoms with E-state index in [1.54, 1.807) is 18.4 Å². The summed E-state index contributed by atoms with van der Waals surface area (Å²) < 4.78 is 5.43. The molecule has 3 heterocycles. The molecule has 0 unspecified atom stereocenters. The summed E-state index contributed by atoms with van der Waals surface area (Å²) in [7, 11) is 3.71. The van der Waals surface area contributed by atoms with Gasteiger partial charge in [0.1, 0.15) is 11.6 Å². The topological polar surface area (TPSA) is 58.6 Å². The quantitative estimate of drug-likeness (QED) is 0.310. The lowest BCUT2D eigenvalue weighted by Gasteiger charge is -2.27. The number of rotatable bonds is 8. The molecule has 0 radical (unpaired) electrons. The number of aromatic nitrogens is 2. The molecular formula is C26H28N4O2S2. The minimum absolute atomic E-state index is 0.119. The number of fused-ring (bicyclic) bond motifs is 1. The van der Waals surface area contributed by atoms with Crippen LogP contribution in [0.1, 0.15) is 44.3 Å². The van der Waals surface area contributed by atoms with E-state index < -0.39 is 0 Å². The van der Waals surface area contributed by atoms with Gasteiger partial charge in [-0.05, 0) is 61.9 Å². The zero-order valence-corrected chi connectivity index (χ0v) is 21.5. The first-order chi connectivity index (χ1) is 16.4. The monoisotopic (exact) mass is 492 g/mol. The smallest absolute Gasteiger partial charge is 0.264 e. The van der Waals surface area contributed by atoms with Crippen molar-refractivity contribution in [1.82, 2.24) is 14.9 Å². The zero-order valence-electron chi connectivity index (χ0n) is 19.9. The number of carbonyl (C=O) groups is 1. The number of thiophene rings is 1. The molecule has 1 aromatic carbocycles. The largest absolute Gasteiger partial charge is 0.497 e. The Morgan fingerprint density at radius 2 is 1.94 bits per heavy atom. The van der Waals surface area contributed by atoms with Crippen LogP contribution in [0.2, 0.25) is 0 Å². The summed E-state index contributed by atoms with van der Waals surface area (Å²) in [4.78, 5) is 28.2. The molecule has 176 valence electrons. The summed E-state index contributed by atoms with van der Waals surface area (Å²) in [5.74, 6) is 1.76. The Balaban J connectivity index is 1.54. The minimum Gasteiger partial charge on any atom is -0.497 e. The maximum Gasteiger partial charge on any atom is 0.264 e. The number of benzene rings is 1. The van der Waals surface area contributed by atoms with Gasteiger partial charge in [-0.25, -0.2) is 9.97 Å². The molecule has 0 saturated heterocycles. The third kappa shape index (κ3) is 4.65. The number of thiazole rings is 1. The summed E-state index contributed by atoms with van der Waals surface area (Å²) in [5, 5.41) is 6.17. The first-order valence-electron chi connectivity index (χ1n) is 11.4. The van der Waals surface area contributed by atoms with Crippen molar-refractivity contribution in [1.29, 1.82) is 0 Å². The van der Waals surface area contributed by atoms with Crippen LogP contribution in [0.15, 0.2) is 41.1 Å². The molecule has 1 amide bonds. The van der Waals surface area contributed by atoms with Crippen LogP contribution in [0.4, 0.5) is 5.82 Å². The van der Waals surface area contributed by atoms with Gasteiger partial charge in [-0.15, -0.1) is 22.7 Å². The van der Waals surface area contributed by atoms with E-state index in [2.05, 4.69) is 21.3 Å². The molecule has 3 aromatic heterocycles. The molecule has 8 heteroatoms. The summed E-state index contributed by atoms with van der Waals surface area (Å²) in [6.07, 6.45) is 2.11. The van der Waals surface area contributed by atoms with Crippen molar-refractivity contribution < 1.29 is 9.53 Å². The first kappa shape index (κ1) is 22.8. The van der Waals surface area contributed by atoms with Gasteiger partial charge in [-0.1, -0.05) is 0 Å². The van der Waals surface area contributed by atoms with Crippen molar-refractivity contribution in [2.45, 2.75) is 45.8 Å². The minimum atomic E-state index is 0.119. The van der Waals surface area contributed by atoms with Crippen LogP contribution >= 0.6 is 22.7 Å². The third-order valence-electron chi connectivity index (χ3n) is 6.15. The number of anilines is 1. The summed E-state index contributed by atoms with van der Waals surface area (Å²) >= 11 is 3.18. The van der Waals surface area contributed by atoms with Crippen molar-refractivity contribution in [3.05, 3.63) is 67.8 Å². The highest BCUT2D eigenvalue weighted by Crippen LogP contribution is 2.34. The normalized spacial score (nSPS) is 13.3. The van der Waals surface area contributed by atoms with Gasteiger partial charge < -0.3 is 14.5 Å². The van der Waals surface area contributed by atoms with E-state index in [1.165, 1.54) is 11.3 Å². The van der Waals surface area contributed by atoms with Gasteiger partial charge in [-0.3, -0.25) is 4.79 Å². The summed E-state index contributed by atoms with van der Waals surface area (Å²) in [5.41, 5.74) is 3.98. The fourth-order valence-corrected chi connectivity index (χ4v) is 5.70. The molecule has 5 rings (SSSR count). The van der Waals surface area contributed by atoms with Gasteiger partial charge in [0.2, 0.25) is 0 Å². The molecule has 0 atom stereocenters. The van der Waals surface area contributed by atoms with E-state index in [0.717, 1.165) is 62.0 Å². The predicted octanol–water partition coefficient (Wildman–Crippen LogP) is 5.82. The molecule has 1 aliphatic carbocycles. The van der Waals surface area contributed by atoms with Crippen molar-refractivity contribution in [3.8, 4) is 5.75 Å². The van der Waals surface area contributed by atoms with Gasteiger partial charge in [0.25, 0.3) is 5.91 Å². The summed E-state index contributed by atoms with van der Waals surface area (Å²) in [6, 6.07) is 10.4. The van der Waals surface area contributed by atoms with E-state index in [-0.39, 0.29) is 5.91 Å². The van der Waals surface area contributed by atoms with Gasteiger partial charge >= 0.3 is 0 Å². The number of methoxy groups -OCH3 is 1. The summed E-state index contributed by atoms with van der Waals surface area (Å²) in [6.45, 7) is 5.22. The van der Waals surface area contributed by atoms with Crippen LogP contribution < -0.4 is 9.64 Å². The van der Waals surface area contributed by atoms with E-state index in [1.807, 2.05) is 55.4 Å².